The Kier molecular flexibility index (Phi) is 3.13. The number of hydrogen-bond donors (Lipinski definition) is 0. The fourth-order valence-electron chi connectivity index (χ4n) is 1.99. The third kappa shape index (κ3) is 2.42. The number of benzene rings is 1. The lowest BCUT2D eigenvalue weighted by molar-refractivity contribution is 1.31. The molecule has 2 heterocycles. The van der Waals surface area contributed by atoms with Crippen molar-refractivity contribution in [2.45, 2.75) is 13.8 Å². The number of aromatic nitrogens is 2. The van der Waals surface area contributed by atoms with Crippen LogP contribution in [0.25, 0.3) is 21.8 Å². The largest absolute Gasteiger partial charge is 0.265 e. The van der Waals surface area contributed by atoms with Gasteiger partial charge in [0, 0.05) is 28.4 Å². The van der Waals surface area contributed by atoms with Gasteiger partial charge in [-0.15, -0.1) is 11.3 Å². The lowest BCUT2D eigenvalue weighted by atomic mass is 10.1. The highest BCUT2D eigenvalue weighted by Gasteiger charge is 2.10. The van der Waals surface area contributed by atoms with Crippen molar-refractivity contribution in [3.8, 4) is 21.8 Å². The summed E-state index contributed by atoms with van der Waals surface area (Å²) >= 11 is 1.73. The number of pyridine rings is 1. The quantitative estimate of drug-likeness (QED) is 0.683. The van der Waals surface area contributed by atoms with Crippen molar-refractivity contribution in [2.24, 2.45) is 0 Å². The summed E-state index contributed by atoms with van der Waals surface area (Å²) < 4.78 is 0. The van der Waals surface area contributed by atoms with E-state index in [9.17, 15) is 0 Å². The van der Waals surface area contributed by atoms with E-state index < -0.39 is 0 Å². The molecule has 0 aliphatic rings. The van der Waals surface area contributed by atoms with Gasteiger partial charge in [0.1, 0.15) is 5.01 Å². The summed E-state index contributed by atoms with van der Waals surface area (Å²) in [6, 6.07) is 12.5. The first-order chi connectivity index (χ1) is 9.24. The van der Waals surface area contributed by atoms with E-state index in [0.29, 0.717) is 0 Å². The summed E-state index contributed by atoms with van der Waals surface area (Å²) in [5.74, 6) is 0. The van der Waals surface area contributed by atoms with E-state index in [4.69, 9.17) is 4.98 Å². The lowest BCUT2D eigenvalue weighted by Crippen LogP contribution is -1.82. The average molecular weight is 266 g/mol. The molecular weight excluding hydrogens is 252 g/mol. The molecule has 2 nitrogen and oxygen atoms in total. The lowest BCUT2D eigenvalue weighted by Gasteiger charge is -1.99. The topological polar surface area (TPSA) is 25.8 Å². The third-order valence-corrected chi connectivity index (χ3v) is 4.07. The molecule has 0 atom stereocenters. The number of hydrogen-bond acceptors (Lipinski definition) is 3. The van der Waals surface area contributed by atoms with Gasteiger partial charge in [-0.05, 0) is 26.0 Å². The van der Waals surface area contributed by atoms with Gasteiger partial charge < -0.3 is 0 Å². The van der Waals surface area contributed by atoms with Crippen LogP contribution in [0.2, 0.25) is 0 Å². The molecule has 0 saturated heterocycles. The molecule has 0 aliphatic heterocycles. The maximum atomic E-state index is 4.77. The number of aryl methyl sites for hydroxylation is 2. The van der Waals surface area contributed by atoms with Gasteiger partial charge in [-0.2, -0.15) is 0 Å². The minimum absolute atomic E-state index is 1.05. The van der Waals surface area contributed by atoms with Crippen molar-refractivity contribution in [3.63, 3.8) is 0 Å². The van der Waals surface area contributed by atoms with Crippen molar-refractivity contribution in [2.75, 3.05) is 0 Å². The molecule has 0 N–H and O–H groups in total. The molecule has 0 bridgehead atoms. The van der Waals surface area contributed by atoms with Crippen molar-refractivity contribution in [1.29, 1.82) is 0 Å². The standard InChI is InChI=1S/C16H14N2S/c1-11-3-5-13(6-4-11)15-12(2)19-16(18-15)14-7-9-17-10-8-14/h3-10H,1-2H3. The monoisotopic (exact) mass is 266 g/mol. The molecule has 19 heavy (non-hydrogen) atoms. The van der Waals surface area contributed by atoms with Crippen LogP contribution in [0.1, 0.15) is 10.4 Å². The van der Waals surface area contributed by atoms with Gasteiger partial charge in [0.15, 0.2) is 0 Å². The first kappa shape index (κ1) is 12.1. The summed E-state index contributed by atoms with van der Waals surface area (Å²) in [6.45, 7) is 4.22. The minimum Gasteiger partial charge on any atom is -0.265 e. The Bertz CT molecular complexity index is 685. The van der Waals surface area contributed by atoms with Crippen LogP contribution in [-0.2, 0) is 0 Å². The molecule has 2 aromatic heterocycles. The summed E-state index contributed by atoms with van der Waals surface area (Å²) in [7, 11) is 0. The molecule has 0 radical (unpaired) electrons. The van der Waals surface area contributed by atoms with Crippen LogP contribution in [-0.4, -0.2) is 9.97 Å². The zero-order chi connectivity index (χ0) is 13.2. The van der Waals surface area contributed by atoms with Crippen LogP contribution >= 0.6 is 11.3 Å². The van der Waals surface area contributed by atoms with Crippen molar-refractivity contribution >= 4 is 11.3 Å². The smallest absolute Gasteiger partial charge is 0.124 e. The molecule has 0 fully saturated rings. The van der Waals surface area contributed by atoms with Crippen LogP contribution in [0.3, 0.4) is 0 Å². The SMILES string of the molecule is Cc1ccc(-c2nc(-c3ccncc3)sc2C)cc1. The third-order valence-electron chi connectivity index (χ3n) is 3.05. The molecule has 3 aromatic rings. The first-order valence-electron chi connectivity index (χ1n) is 6.19. The second-order valence-electron chi connectivity index (χ2n) is 4.53. The zero-order valence-electron chi connectivity index (χ0n) is 10.9. The molecule has 3 heteroatoms. The van der Waals surface area contributed by atoms with Gasteiger partial charge in [-0.1, -0.05) is 29.8 Å². The van der Waals surface area contributed by atoms with Crippen LogP contribution < -0.4 is 0 Å². The second kappa shape index (κ2) is 4.94. The van der Waals surface area contributed by atoms with E-state index in [1.165, 1.54) is 16.0 Å². The summed E-state index contributed by atoms with van der Waals surface area (Å²) in [5, 5.41) is 1.05. The fraction of sp³-hybridized carbons (Fsp3) is 0.125. The van der Waals surface area contributed by atoms with Crippen LogP contribution in [0, 0.1) is 13.8 Å². The predicted molar refractivity (Wildman–Crippen MR) is 80.3 cm³/mol. The van der Waals surface area contributed by atoms with Gasteiger partial charge in [-0.25, -0.2) is 4.98 Å². The Morgan fingerprint density at radius 1 is 0.842 bits per heavy atom. The molecule has 0 amide bonds. The number of nitrogens with zero attached hydrogens (tertiary/aromatic N) is 2. The molecule has 94 valence electrons. The number of thiazole rings is 1. The first-order valence-corrected chi connectivity index (χ1v) is 7.00. The van der Waals surface area contributed by atoms with E-state index in [2.05, 4.69) is 43.1 Å². The molecule has 3 rings (SSSR count). The average Bonchev–Trinajstić information content (AvgIpc) is 2.83. The van der Waals surface area contributed by atoms with Crippen LogP contribution in [0.15, 0.2) is 48.8 Å². The second-order valence-corrected chi connectivity index (χ2v) is 5.73. The van der Waals surface area contributed by atoms with E-state index in [1.807, 2.05) is 12.1 Å². The molecular formula is C16H14N2S. The molecule has 0 unspecified atom stereocenters. The van der Waals surface area contributed by atoms with E-state index in [0.717, 1.165) is 16.3 Å². The van der Waals surface area contributed by atoms with Gasteiger partial charge in [0.2, 0.25) is 0 Å². The van der Waals surface area contributed by atoms with E-state index in [-0.39, 0.29) is 0 Å². The molecule has 0 aliphatic carbocycles. The van der Waals surface area contributed by atoms with Gasteiger partial charge >= 0.3 is 0 Å². The summed E-state index contributed by atoms with van der Waals surface area (Å²) in [4.78, 5) is 10.1. The predicted octanol–water partition coefficient (Wildman–Crippen LogP) is 4.49. The maximum Gasteiger partial charge on any atom is 0.124 e. The Hall–Kier alpha value is -2.00. The van der Waals surface area contributed by atoms with Crippen LogP contribution in [0.4, 0.5) is 0 Å². The van der Waals surface area contributed by atoms with E-state index in [1.54, 1.807) is 23.7 Å². The molecule has 1 aromatic carbocycles. The molecule has 0 spiro atoms. The highest BCUT2D eigenvalue weighted by Crippen LogP contribution is 2.32. The van der Waals surface area contributed by atoms with Crippen molar-refractivity contribution in [1.82, 2.24) is 9.97 Å². The van der Waals surface area contributed by atoms with Gasteiger partial charge in [-0.3, -0.25) is 4.98 Å². The summed E-state index contributed by atoms with van der Waals surface area (Å²) in [6.07, 6.45) is 3.61. The van der Waals surface area contributed by atoms with Crippen LogP contribution in [0.5, 0.6) is 0 Å². The number of rotatable bonds is 2. The Balaban J connectivity index is 2.05. The molecule has 0 saturated carbocycles. The Morgan fingerprint density at radius 3 is 2.21 bits per heavy atom. The van der Waals surface area contributed by atoms with Gasteiger partial charge in [0.05, 0.1) is 5.69 Å². The normalized spacial score (nSPS) is 10.6. The minimum atomic E-state index is 1.05. The Morgan fingerprint density at radius 2 is 1.53 bits per heavy atom. The zero-order valence-corrected chi connectivity index (χ0v) is 11.7. The summed E-state index contributed by atoms with van der Waals surface area (Å²) in [5.41, 5.74) is 4.66. The highest BCUT2D eigenvalue weighted by atomic mass is 32.1. The Labute approximate surface area is 116 Å². The maximum absolute atomic E-state index is 4.77. The van der Waals surface area contributed by atoms with Crippen molar-refractivity contribution < 1.29 is 0 Å². The highest BCUT2D eigenvalue weighted by molar-refractivity contribution is 7.15. The van der Waals surface area contributed by atoms with Gasteiger partial charge in [0.25, 0.3) is 0 Å². The van der Waals surface area contributed by atoms with E-state index >= 15 is 0 Å². The van der Waals surface area contributed by atoms with Crippen molar-refractivity contribution in [3.05, 3.63) is 59.2 Å². The fourth-order valence-corrected chi connectivity index (χ4v) is 2.93.